The van der Waals surface area contributed by atoms with Gasteiger partial charge in [-0.25, -0.2) is 0 Å². The van der Waals surface area contributed by atoms with Crippen molar-refractivity contribution in [1.29, 1.82) is 0 Å². The van der Waals surface area contributed by atoms with Gasteiger partial charge in [0, 0.05) is 97.1 Å². The van der Waals surface area contributed by atoms with Crippen LogP contribution in [-0.4, -0.2) is 178 Å². The van der Waals surface area contributed by atoms with E-state index in [0.29, 0.717) is 122 Å². The average Bonchev–Trinajstić information content (AvgIpc) is 4.00. The van der Waals surface area contributed by atoms with E-state index in [2.05, 4.69) is 38.3 Å². The van der Waals surface area contributed by atoms with Crippen molar-refractivity contribution in [3.8, 4) is 5.75 Å². The normalized spacial score (nSPS) is 34.1. The number of nitrogens with two attached hydrogens (primary N) is 1. The zero-order valence-electron chi connectivity index (χ0n) is 40.0. The van der Waals surface area contributed by atoms with Crippen molar-refractivity contribution in [1.82, 2.24) is 20.1 Å². The van der Waals surface area contributed by atoms with Gasteiger partial charge in [-0.2, -0.15) is 0 Å². The molecular weight excluding hydrogens is 857 g/mol. The Morgan fingerprint density at radius 2 is 1.69 bits per heavy atom. The molecule has 1 spiro atoms. The summed E-state index contributed by atoms with van der Waals surface area (Å²) in [6, 6.07) is 11.0. The highest BCUT2D eigenvalue weighted by molar-refractivity contribution is 5.95. The molecule has 10 atom stereocenters. The standard InChI is InChI=1S/C51H72N6O10/c1-6-47(61)29-33-30-50(46(60)64-5,41-35(13-19-56(31-33)32-47)34-11-8-9-12-38(34)54-41)37-27-36-39(28-40(37)63-4)55(3)43-49(36)15-20-57-18-10-14-48(7-2,42(49)57)44(58)51(43,62)45(59)53-17-22-66-24-26-67-25-23-65-21-16-52/h8-12,14,27-28,33,42-44,54,58,61-62H,6-7,13,15-26,29-32,52H2,1-5H3,(H,53,59)/t33?,42-,43+,44+,47-,48+,49?,50-,51?/m0/s1. The van der Waals surface area contributed by atoms with Crippen LogP contribution in [0.3, 0.4) is 0 Å². The SMILES string of the molecule is CC[C@]1(O)CC2CN(CCc3c([nH]c4ccccc34)[C@@](C(=O)OC)(c3cc4c(cc3OC)N(C)[C@H]3C(O)(C(=O)NCCOCCOCCOCCN)[C@H](O)[C@]5(CC)C=CCN6CCC43[C@@H]65)C2)C1. The van der Waals surface area contributed by atoms with Gasteiger partial charge in [-0.3, -0.25) is 19.4 Å². The highest BCUT2D eigenvalue weighted by atomic mass is 16.5. The van der Waals surface area contributed by atoms with Crippen LogP contribution in [0.4, 0.5) is 5.69 Å². The number of aliphatic hydroxyl groups is 3. The van der Waals surface area contributed by atoms with E-state index in [4.69, 9.17) is 29.4 Å². The second-order valence-corrected chi connectivity index (χ2v) is 20.0. The maximum Gasteiger partial charge on any atom is 0.322 e. The lowest BCUT2D eigenvalue weighted by Crippen LogP contribution is -2.81. The summed E-state index contributed by atoms with van der Waals surface area (Å²) in [6.07, 6.45) is 5.74. The molecule has 2 bridgehead atoms. The number of carbonyl (C=O) groups is 2. The molecule has 7 N–H and O–H groups in total. The third-order valence-electron chi connectivity index (χ3n) is 16.7. The predicted octanol–water partition coefficient (Wildman–Crippen LogP) is 2.37. The molecule has 16 heteroatoms. The molecule has 2 saturated heterocycles. The summed E-state index contributed by atoms with van der Waals surface area (Å²) < 4.78 is 29.1. The number of benzene rings is 2. The maximum absolute atomic E-state index is 15.4. The number of nitrogens with zero attached hydrogens (tertiary/aromatic N) is 3. The lowest BCUT2D eigenvalue weighted by Gasteiger charge is -2.63. The smallest absolute Gasteiger partial charge is 0.322 e. The topological polar surface area (TPSA) is 205 Å². The Hall–Kier alpha value is -4.10. The summed E-state index contributed by atoms with van der Waals surface area (Å²) in [5, 5.41) is 42.3. The van der Waals surface area contributed by atoms with Gasteiger partial charge in [0.05, 0.1) is 65.5 Å². The average molecular weight is 929 g/mol. The molecule has 1 saturated carbocycles. The fraction of sp³-hybridized carbons (Fsp3) is 0.647. The molecule has 3 fully saturated rings. The lowest BCUT2D eigenvalue weighted by molar-refractivity contribution is -0.203. The van der Waals surface area contributed by atoms with Crippen molar-refractivity contribution in [2.24, 2.45) is 17.1 Å². The number of rotatable bonds is 17. The quantitative estimate of drug-likeness (QED) is 0.0654. The van der Waals surface area contributed by atoms with Crippen LogP contribution in [0.25, 0.3) is 10.9 Å². The van der Waals surface area contributed by atoms with E-state index in [1.807, 2.05) is 56.1 Å². The van der Waals surface area contributed by atoms with Gasteiger partial charge in [-0.1, -0.05) is 44.2 Å². The molecule has 1 amide bonds. The van der Waals surface area contributed by atoms with Gasteiger partial charge >= 0.3 is 5.97 Å². The van der Waals surface area contributed by atoms with Crippen molar-refractivity contribution < 1.29 is 48.6 Å². The van der Waals surface area contributed by atoms with Crippen LogP contribution < -0.4 is 20.7 Å². The number of amides is 1. The van der Waals surface area contributed by atoms with Gasteiger partial charge in [0.15, 0.2) is 5.60 Å². The summed E-state index contributed by atoms with van der Waals surface area (Å²) in [4.78, 5) is 40.9. The van der Waals surface area contributed by atoms with Crippen molar-refractivity contribution in [2.75, 3.05) is 112 Å². The summed E-state index contributed by atoms with van der Waals surface area (Å²) in [5.74, 6) is -0.746. The highest BCUT2D eigenvalue weighted by Gasteiger charge is 2.78. The Morgan fingerprint density at radius 3 is 2.40 bits per heavy atom. The minimum atomic E-state index is -2.29. The number of esters is 1. The largest absolute Gasteiger partial charge is 0.496 e. The van der Waals surface area contributed by atoms with Gasteiger partial charge in [-0.15, -0.1) is 0 Å². The number of aromatic nitrogens is 1. The number of hydrogen-bond donors (Lipinski definition) is 6. The Kier molecular flexibility index (Phi) is 13.4. The number of para-hydroxylation sites is 1. The fourth-order valence-corrected chi connectivity index (χ4v) is 14.0. The fourth-order valence-electron chi connectivity index (χ4n) is 14.0. The van der Waals surface area contributed by atoms with Crippen molar-refractivity contribution >= 4 is 28.5 Å². The van der Waals surface area contributed by atoms with Gasteiger partial charge in [0.1, 0.15) is 17.3 Å². The highest BCUT2D eigenvalue weighted by Crippen LogP contribution is 2.67. The van der Waals surface area contributed by atoms with E-state index >= 15 is 4.79 Å². The van der Waals surface area contributed by atoms with Gasteiger partial charge < -0.3 is 59.9 Å². The van der Waals surface area contributed by atoms with Crippen molar-refractivity contribution in [3.05, 3.63) is 70.9 Å². The molecule has 16 nitrogen and oxygen atoms in total. The zero-order chi connectivity index (χ0) is 47.4. The maximum atomic E-state index is 15.4. The van der Waals surface area contributed by atoms with Crippen LogP contribution in [0.15, 0.2) is 48.6 Å². The summed E-state index contributed by atoms with van der Waals surface area (Å²) >= 11 is 0. The molecule has 6 aliphatic rings. The number of nitrogens with one attached hydrogen (secondary N) is 2. The molecule has 9 rings (SSSR count). The molecule has 1 aliphatic carbocycles. The number of anilines is 1. The minimum Gasteiger partial charge on any atom is -0.496 e. The number of aliphatic hydroxyl groups excluding tert-OH is 1. The molecule has 5 aliphatic heterocycles. The molecule has 4 unspecified atom stereocenters. The third kappa shape index (κ3) is 7.43. The van der Waals surface area contributed by atoms with Crippen LogP contribution in [0.1, 0.15) is 68.3 Å². The Bertz CT molecular complexity index is 2340. The van der Waals surface area contributed by atoms with Crippen molar-refractivity contribution in [2.45, 2.75) is 92.6 Å². The third-order valence-corrected chi connectivity index (χ3v) is 16.7. The number of aromatic amines is 1. The van der Waals surface area contributed by atoms with E-state index in [1.54, 1.807) is 7.11 Å². The number of fused-ring (bicyclic) bond motifs is 6. The molecule has 366 valence electrons. The van der Waals surface area contributed by atoms with Crippen LogP contribution in [-0.2, 0) is 45.8 Å². The first-order valence-electron chi connectivity index (χ1n) is 24.5. The van der Waals surface area contributed by atoms with E-state index in [-0.39, 0.29) is 25.1 Å². The van der Waals surface area contributed by atoms with Gasteiger partial charge in [-0.05, 0) is 74.2 Å². The molecule has 1 aromatic heterocycles. The first-order chi connectivity index (χ1) is 32.3. The first kappa shape index (κ1) is 47.9. The second kappa shape index (κ2) is 18.7. The lowest BCUT2D eigenvalue weighted by atomic mass is 9.47. The van der Waals surface area contributed by atoms with Crippen LogP contribution >= 0.6 is 0 Å². The van der Waals surface area contributed by atoms with Crippen LogP contribution in [0.2, 0.25) is 0 Å². The minimum absolute atomic E-state index is 0.101. The molecule has 67 heavy (non-hydrogen) atoms. The number of methoxy groups -OCH3 is 2. The van der Waals surface area contributed by atoms with Crippen LogP contribution in [0.5, 0.6) is 5.75 Å². The Labute approximate surface area is 394 Å². The summed E-state index contributed by atoms with van der Waals surface area (Å²) in [5.41, 5.74) is 3.88. The molecule has 6 heterocycles. The monoisotopic (exact) mass is 929 g/mol. The molecule has 3 aromatic rings. The second-order valence-electron chi connectivity index (χ2n) is 20.0. The summed E-state index contributed by atoms with van der Waals surface area (Å²) in [6.45, 7) is 10.1. The summed E-state index contributed by atoms with van der Waals surface area (Å²) in [7, 11) is 4.94. The van der Waals surface area contributed by atoms with E-state index < -0.39 is 51.5 Å². The van der Waals surface area contributed by atoms with E-state index in [0.717, 1.165) is 33.4 Å². The molecule has 0 radical (unpaired) electrons. The predicted molar refractivity (Wildman–Crippen MR) is 253 cm³/mol. The Morgan fingerprint density at radius 1 is 0.940 bits per heavy atom. The van der Waals surface area contributed by atoms with E-state index in [9.17, 15) is 20.1 Å². The van der Waals surface area contributed by atoms with E-state index in [1.165, 1.54) is 7.11 Å². The number of likely N-dealkylation sites (N-methyl/N-ethyl adjacent to an activating group) is 1. The number of carbonyl (C=O) groups excluding carboxylic acids is 2. The number of hydrogen-bond acceptors (Lipinski definition) is 14. The zero-order valence-corrected chi connectivity index (χ0v) is 40.0. The number of ether oxygens (including phenoxy) is 5. The molecule has 2 aromatic carbocycles. The van der Waals surface area contributed by atoms with Gasteiger partial charge in [0.25, 0.3) is 5.91 Å². The van der Waals surface area contributed by atoms with Crippen LogP contribution in [0, 0.1) is 11.3 Å². The number of piperidine rings is 1. The van der Waals surface area contributed by atoms with Crippen molar-refractivity contribution in [3.63, 3.8) is 0 Å². The van der Waals surface area contributed by atoms with Gasteiger partial charge in [0.2, 0.25) is 0 Å². The Balaban J connectivity index is 1.17. The number of H-pyrrole nitrogens is 1. The first-order valence-corrected chi connectivity index (χ1v) is 24.5. The molecular formula is C51H72N6O10.